The van der Waals surface area contributed by atoms with Crippen molar-refractivity contribution in [1.82, 2.24) is 0 Å². The Bertz CT molecular complexity index is 373. The van der Waals surface area contributed by atoms with E-state index in [0.29, 0.717) is 11.4 Å². The first-order valence-corrected chi connectivity index (χ1v) is 4.64. The van der Waals surface area contributed by atoms with Crippen LogP contribution in [0.3, 0.4) is 0 Å². The molecule has 0 heterocycles. The number of rotatable bonds is 2. The second-order valence-electron chi connectivity index (χ2n) is 2.72. The Morgan fingerprint density at radius 3 is 2.50 bits per heavy atom. The second-order valence-corrected chi connectivity index (χ2v) is 3.16. The minimum absolute atomic E-state index is 0.0952. The summed E-state index contributed by atoms with van der Waals surface area (Å²) in [5.41, 5.74) is 7.19. The van der Waals surface area contributed by atoms with Crippen molar-refractivity contribution in [2.24, 2.45) is 5.73 Å². The lowest BCUT2D eigenvalue weighted by Gasteiger charge is -1.96. The molecule has 0 radical (unpaired) electrons. The van der Waals surface area contributed by atoms with E-state index in [1.165, 1.54) is 0 Å². The zero-order valence-electron chi connectivity index (χ0n) is 7.66. The van der Waals surface area contributed by atoms with E-state index >= 15 is 0 Å². The molecule has 0 aliphatic rings. The van der Waals surface area contributed by atoms with E-state index in [2.05, 4.69) is 11.8 Å². The third-order valence-corrected chi connectivity index (χ3v) is 1.87. The summed E-state index contributed by atoms with van der Waals surface area (Å²) in [6.07, 6.45) is 0.497. The summed E-state index contributed by atoms with van der Waals surface area (Å²) in [6, 6.07) is 7.40. The molecule has 2 nitrogen and oxygen atoms in total. The zero-order chi connectivity index (χ0) is 10.4. The topological polar surface area (TPSA) is 46.2 Å². The molecule has 0 spiro atoms. The minimum Gasteiger partial charge on any atom is -0.395 e. The molecular weight excluding hydrogens is 194 g/mol. The van der Waals surface area contributed by atoms with Gasteiger partial charge in [-0.1, -0.05) is 36.2 Å². The summed E-state index contributed by atoms with van der Waals surface area (Å²) in [6.45, 7) is 0.0952. The van der Waals surface area contributed by atoms with Crippen LogP contribution in [0.4, 0.5) is 0 Å². The standard InChI is InChI=1S/C11H11NOS/c12-11(14)10-6-4-9(5-7-10)3-1-2-8-13/h4-7,13H,2,8H2,(H2,12,14). The maximum absolute atomic E-state index is 8.53. The van der Waals surface area contributed by atoms with Crippen LogP contribution in [0, 0.1) is 11.8 Å². The largest absolute Gasteiger partial charge is 0.395 e. The SMILES string of the molecule is NC(=S)c1ccc(C#CCCO)cc1. The van der Waals surface area contributed by atoms with Gasteiger partial charge in [-0.15, -0.1) is 0 Å². The van der Waals surface area contributed by atoms with Gasteiger partial charge in [0, 0.05) is 17.5 Å². The molecule has 0 aromatic heterocycles. The van der Waals surface area contributed by atoms with E-state index in [9.17, 15) is 0 Å². The van der Waals surface area contributed by atoms with E-state index in [0.717, 1.165) is 11.1 Å². The fourth-order valence-electron chi connectivity index (χ4n) is 0.938. The molecule has 3 N–H and O–H groups in total. The molecule has 0 unspecified atom stereocenters. The average molecular weight is 205 g/mol. The zero-order valence-corrected chi connectivity index (χ0v) is 8.47. The van der Waals surface area contributed by atoms with Crippen molar-refractivity contribution in [2.75, 3.05) is 6.61 Å². The fourth-order valence-corrected chi connectivity index (χ4v) is 1.07. The monoisotopic (exact) mass is 205 g/mol. The number of thiocarbonyl (C=S) groups is 1. The number of benzene rings is 1. The van der Waals surface area contributed by atoms with Crippen LogP contribution in [0.15, 0.2) is 24.3 Å². The number of aliphatic hydroxyl groups is 1. The van der Waals surface area contributed by atoms with Gasteiger partial charge in [0.25, 0.3) is 0 Å². The summed E-state index contributed by atoms with van der Waals surface area (Å²) in [7, 11) is 0. The first-order valence-electron chi connectivity index (χ1n) is 4.23. The molecule has 0 saturated heterocycles. The van der Waals surface area contributed by atoms with Crippen LogP contribution >= 0.6 is 12.2 Å². The summed E-state index contributed by atoms with van der Waals surface area (Å²) >= 11 is 4.82. The number of hydrogen-bond donors (Lipinski definition) is 2. The fraction of sp³-hybridized carbons (Fsp3) is 0.182. The molecule has 0 aliphatic heterocycles. The summed E-state index contributed by atoms with van der Waals surface area (Å²) in [4.78, 5) is 0.389. The van der Waals surface area contributed by atoms with Gasteiger partial charge in [-0.3, -0.25) is 0 Å². The molecule has 0 bridgehead atoms. The summed E-state index contributed by atoms with van der Waals surface area (Å²) in [5.74, 6) is 5.75. The first-order chi connectivity index (χ1) is 6.74. The van der Waals surface area contributed by atoms with Crippen molar-refractivity contribution in [3.05, 3.63) is 35.4 Å². The molecular formula is C11H11NOS. The van der Waals surface area contributed by atoms with Crippen LogP contribution in [0.5, 0.6) is 0 Å². The van der Waals surface area contributed by atoms with Crippen LogP contribution in [-0.4, -0.2) is 16.7 Å². The number of nitrogens with two attached hydrogens (primary N) is 1. The molecule has 1 rings (SSSR count). The van der Waals surface area contributed by atoms with Gasteiger partial charge in [-0.05, 0) is 12.1 Å². The van der Waals surface area contributed by atoms with E-state index in [4.69, 9.17) is 23.1 Å². The molecule has 0 fully saturated rings. The van der Waals surface area contributed by atoms with Crippen LogP contribution in [0.25, 0.3) is 0 Å². The third kappa shape index (κ3) is 3.17. The Hall–Kier alpha value is -1.37. The molecule has 0 saturated carbocycles. The summed E-state index contributed by atoms with van der Waals surface area (Å²) < 4.78 is 0. The molecule has 1 aromatic carbocycles. The second kappa shape index (κ2) is 5.38. The van der Waals surface area contributed by atoms with Gasteiger partial charge in [0.15, 0.2) is 0 Å². The Kier molecular flexibility index (Phi) is 4.11. The van der Waals surface area contributed by atoms with Gasteiger partial charge in [0.2, 0.25) is 0 Å². The van der Waals surface area contributed by atoms with Gasteiger partial charge in [0.05, 0.1) is 6.61 Å². The molecule has 0 atom stereocenters. The lowest BCUT2D eigenvalue weighted by atomic mass is 10.1. The van der Waals surface area contributed by atoms with Gasteiger partial charge in [-0.2, -0.15) is 0 Å². The van der Waals surface area contributed by atoms with E-state index in [1.807, 2.05) is 24.3 Å². The third-order valence-electron chi connectivity index (χ3n) is 1.64. The van der Waals surface area contributed by atoms with Crippen LogP contribution < -0.4 is 5.73 Å². The average Bonchev–Trinajstić information content (AvgIpc) is 2.19. The van der Waals surface area contributed by atoms with Gasteiger partial charge < -0.3 is 10.8 Å². The lowest BCUT2D eigenvalue weighted by Crippen LogP contribution is -2.08. The minimum atomic E-state index is 0.0952. The van der Waals surface area contributed by atoms with Crippen molar-refractivity contribution in [3.8, 4) is 11.8 Å². The van der Waals surface area contributed by atoms with Crippen LogP contribution in [-0.2, 0) is 0 Å². The Balaban J connectivity index is 2.75. The lowest BCUT2D eigenvalue weighted by molar-refractivity contribution is 0.305. The maximum atomic E-state index is 8.53. The number of aliphatic hydroxyl groups excluding tert-OH is 1. The van der Waals surface area contributed by atoms with E-state index in [1.54, 1.807) is 0 Å². The normalized spacial score (nSPS) is 8.93. The maximum Gasteiger partial charge on any atom is 0.103 e. The van der Waals surface area contributed by atoms with Crippen molar-refractivity contribution >= 4 is 17.2 Å². The highest BCUT2D eigenvalue weighted by Gasteiger charge is 1.93. The quantitative estimate of drug-likeness (QED) is 0.560. The molecule has 0 aliphatic carbocycles. The Labute approximate surface area is 88.7 Å². The first kappa shape index (κ1) is 10.7. The van der Waals surface area contributed by atoms with Crippen molar-refractivity contribution in [2.45, 2.75) is 6.42 Å². The van der Waals surface area contributed by atoms with Gasteiger partial charge >= 0.3 is 0 Å². The van der Waals surface area contributed by atoms with Gasteiger partial charge in [-0.25, -0.2) is 0 Å². The molecule has 0 amide bonds. The molecule has 3 heteroatoms. The van der Waals surface area contributed by atoms with Crippen molar-refractivity contribution < 1.29 is 5.11 Å². The van der Waals surface area contributed by atoms with Crippen molar-refractivity contribution in [3.63, 3.8) is 0 Å². The highest BCUT2D eigenvalue weighted by molar-refractivity contribution is 7.80. The smallest absolute Gasteiger partial charge is 0.103 e. The highest BCUT2D eigenvalue weighted by Crippen LogP contribution is 2.02. The molecule has 14 heavy (non-hydrogen) atoms. The van der Waals surface area contributed by atoms with Gasteiger partial charge in [0.1, 0.15) is 4.99 Å². The predicted octanol–water partition coefficient (Wildman–Crippen LogP) is 1.05. The predicted molar refractivity (Wildman–Crippen MR) is 60.9 cm³/mol. The Morgan fingerprint density at radius 2 is 2.00 bits per heavy atom. The molecule has 1 aromatic rings. The highest BCUT2D eigenvalue weighted by atomic mass is 32.1. The summed E-state index contributed by atoms with van der Waals surface area (Å²) in [5, 5.41) is 8.53. The van der Waals surface area contributed by atoms with E-state index in [-0.39, 0.29) is 6.61 Å². The molecule has 72 valence electrons. The van der Waals surface area contributed by atoms with E-state index < -0.39 is 0 Å². The van der Waals surface area contributed by atoms with Crippen LogP contribution in [0.1, 0.15) is 17.5 Å². The number of hydrogen-bond acceptors (Lipinski definition) is 2. The Morgan fingerprint density at radius 1 is 1.36 bits per heavy atom. The van der Waals surface area contributed by atoms with Crippen LogP contribution in [0.2, 0.25) is 0 Å². The van der Waals surface area contributed by atoms with Crippen molar-refractivity contribution in [1.29, 1.82) is 0 Å².